The molecule has 1 aromatic carbocycles. The number of aromatic nitrogens is 3. The summed E-state index contributed by atoms with van der Waals surface area (Å²) in [7, 11) is 0. The summed E-state index contributed by atoms with van der Waals surface area (Å²) in [5, 5.41) is 0.692. The van der Waals surface area contributed by atoms with Gasteiger partial charge in [0.1, 0.15) is 12.1 Å². The van der Waals surface area contributed by atoms with Crippen molar-refractivity contribution in [1.82, 2.24) is 15.0 Å². The fourth-order valence-electron chi connectivity index (χ4n) is 3.12. The molecule has 1 fully saturated rings. The third-order valence-electron chi connectivity index (χ3n) is 4.51. The molecule has 1 aliphatic rings. The van der Waals surface area contributed by atoms with Gasteiger partial charge in [-0.1, -0.05) is 23.7 Å². The van der Waals surface area contributed by atoms with Crippen molar-refractivity contribution in [1.29, 1.82) is 0 Å². The molecular weight excluding hydrogens is 350 g/mol. The predicted molar refractivity (Wildman–Crippen MR) is 104 cm³/mol. The van der Waals surface area contributed by atoms with E-state index in [0.29, 0.717) is 5.02 Å². The van der Waals surface area contributed by atoms with Gasteiger partial charge >= 0.3 is 0 Å². The lowest BCUT2D eigenvalue weighted by Crippen LogP contribution is -2.47. The lowest BCUT2D eigenvalue weighted by molar-refractivity contribution is 0.646. The number of benzene rings is 1. The van der Waals surface area contributed by atoms with Gasteiger partial charge in [-0.25, -0.2) is 9.97 Å². The molecule has 0 saturated carbocycles. The number of anilines is 2. The van der Waals surface area contributed by atoms with Gasteiger partial charge in [-0.3, -0.25) is 4.79 Å². The van der Waals surface area contributed by atoms with Crippen molar-refractivity contribution >= 4 is 23.1 Å². The van der Waals surface area contributed by atoms with Crippen LogP contribution in [0.2, 0.25) is 5.02 Å². The fourth-order valence-corrected chi connectivity index (χ4v) is 3.31. The summed E-state index contributed by atoms with van der Waals surface area (Å²) in [4.78, 5) is 27.3. The Hall–Kier alpha value is -2.86. The Labute approximate surface area is 156 Å². The van der Waals surface area contributed by atoms with Crippen LogP contribution in [0.15, 0.2) is 59.8 Å². The minimum Gasteiger partial charge on any atom is -0.367 e. The van der Waals surface area contributed by atoms with Gasteiger partial charge in [0.15, 0.2) is 0 Å². The van der Waals surface area contributed by atoms with Crippen LogP contribution >= 0.6 is 11.6 Å². The lowest BCUT2D eigenvalue weighted by Gasteiger charge is -2.36. The molecular formula is C19H18ClN5O. The fraction of sp³-hybridized carbons (Fsp3) is 0.211. The predicted octanol–water partition coefficient (Wildman–Crippen LogP) is 2.81. The minimum atomic E-state index is -0.0816. The van der Waals surface area contributed by atoms with E-state index in [1.54, 1.807) is 18.6 Å². The van der Waals surface area contributed by atoms with Gasteiger partial charge in [0, 0.05) is 55.1 Å². The molecule has 0 atom stereocenters. The first-order valence-corrected chi connectivity index (χ1v) is 8.83. The highest BCUT2D eigenvalue weighted by atomic mass is 35.5. The van der Waals surface area contributed by atoms with Crippen LogP contribution in [0, 0.1) is 0 Å². The molecule has 132 valence electrons. The van der Waals surface area contributed by atoms with Crippen LogP contribution in [0.5, 0.6) is 0 Å². The van der Waals surface area contributed by atoms with Crippen molar-refractivity contribution in [3.05, 3.63) is 70.4 Å². The molecule has 6 nitrogen and oxygen atoms in total. The molecule has 0 aliphatic carbocycles. The zero-order valence-electron chi connectivity index (χ0n) is 14.1. The number of rotatable bonds is 3. The van der Waals surface area contributed by atoms with Crippen molar-refractivity contribution in [2.75, 3.05) is 36.0 Å². The van der Waals surface area contributed by atoms with Gasteiger partial charge in [-0.15, -0.1) is 0 Å². The van der Waals surface area contributed by atoms with Crippen LogP contribution in [0.3, 0.4) is 0 Å². The monoisotopic (exact) mass is 367 g/mol. The number of aromatic amines is 1. The number of pyridine rings is 1. The van der Waals surface area contributed by atoms with Gasteiger partial charge in [0.2, 0.25) is 5.56 Å². The lowest BCUT2D eigenvalue weighted by atomic mass is 10.1. The quantitative estimate of drug-likeness (QED) is 0.771. The summed E-state index contributed by atoms with van der Waals surface area (Å²) in [5.74, 6) is 0.913. The number of halogens is 1. The number of hydrogen-bond donors (Lipinski definition) is 1. The molecule has 26 heavy (non-hydrogen) atoms. The van der Waals surface area contributed by atoms with Crippen LogP contribution in [0.25, 0.3) is 11.3 Å². The highest BCUT2D eigenvalue weighted by Crippen LogP contribution is 2.24. The molecule has 1 aliphatic heterocycles. The van der Waals surface area contributed by atoms with Gasteiger partial charge in [-0.2, -0.15) is 0 Å². The van der Waals surface area contributed by atoms with Crippen LogP contribution in [0.1, 0.15) is 0 Å². The Balaban J connectivity index is 1.48. The summed E-state index contributed by atoms with van der Waals surface area (Å²) in [6.07, 6.45) is 3.36. The summed E-state index contributed by atoms with van der Waals surface area (Å²) in [5.41, 5.74) is 2.79. The summed E-state index contributed by atoms with van der Waals surface area (Å²) < 4.78 is 0. The van der Waals surface area contributed by atoms with Gasteiger partial charge in [0.25, 0.3) is 0 Å². The summed E-state index contributed by atoms with van der Waals surface area (Å²) in [6, 6.07) is 13.1. The van der Waals surface area contributed by atoms with E-state index in [4.69, 9.17) is 11.6 Å². The first-order valence-electron chi connectivity index (χ1n) is 8.46. The van der Waals surface area contributed by atoms with Crippen molar-refractivity contribution in [2.45, 2.75) is 0 Å². The Morgan fingerprint density at radius 2 is 1.77 bits per heavy atom. The van der Waals surface area contributed by atoms with E-state index < -0.39 is 0 Å². The average molecular weight is 368 g/mol. The minimum absolute atomic E-state index is 0.0816. The number of nitrogens with one attached hydrogen (secondary N) is 1. The molecule has 2 aromatic heterocycles. The number of hydrogen-bond acceptors (Lipinski definition) is 5. The van der Waals surface area contributed by atoms with E-state index in [9.17, 15) is 4.79 Å². The van der Waals surface area contributed by atoms with E-state index in [-0.39, 0.29) is 5.56 Å². The number of piperazine rings is 1. The third-order valence-corrected chi connectivity index (χ3v) is 4.74. The zero-order valence-corrected chi connectivity index (χ0v) is 14.9. The molecule has 0 amide bonds. The smallest absolute Gasteiger partial charge is 0.248 e. The molecule has 1 saturated heterocycles. The van der Waals surface area contributed by atoms with Crippen molar-refractivity contribution in [2.24, 2.45) is 0 Å². The largest absolute Gasteiger partial charge is 0.367 e. The normalized spacial score (nSPS) is 14.5. The first-order chi connectivity index (χ1) is 12.7. The van der Waals surface area contributed by atoms with E-state index in [1.165, 1.54) is 0 Å². The Morgan fingerprint density at radius 3 is 2.50 bits per heavy atom. The Bertz CT molecular complexity index is 945. The molecule has 4 rings (SSSR count). The molecule has 7 heteroatoms. The average Bonchev–Trinajstić information content (AvgIpc) is 2.69. The van der Waals surface area contributed by atoms with Crippen molar-refractivity contribution in [3.8, 4) is 11.3 Å². The number of H-pyrrole nitrogens is 1. The maximum Gasteiger partial charge on any atom is 0.248 e. The highest BCUT2D eigenvalue weighted by molar-refractivity contribution is 6.30. The third kappa shape index (κ3) is 3.55. The van der Waals surface area contributed by atoms with Crippen LogP contribution in [-0.2, 0) is 0 Å². The molecule has 0 bridgehead atoms. The van der Waals surface area contributed by atoms with Gasteiger partial charge < -0.3 is 14.8 Å². The zero-order chi connectivity index (χ0) is 17.9. The van der Waals surface area contributed by atoms with E-state index in [2.05, 4.69) is 24.8 Å². The maximum absolute atomic E-state index is 11.2. The molecule has 0 unspecified atom stereocenters. The Morgan fingerprint density at radius 1 is 0.962 bits per heavy atom. The van der Waals surface area contributed by atoms with Crippen molar-refractivity contribution < 1.29 is 0 Å². The standard InChI is InChI=1S/C19H18ClN5O/c20-15-3-1-2-14(10-15)17-11-18(23-13-22-17)25-8-6-24(7-9-25)16-4-5-19(26)21-12-16/h1-5,10-13H,6-9H2,(H,21,26). The second kappa shape index (κ2) is 7.17. The molecule has 0 radical (unpaired) electrons. The van der Waals surface area contributed by atoms with Gasteiger partial charge in [-0.05, 0) is 18.2 Å². The topological polar surface area (TPSA) is 65.1 Å². The molecule has 3 heterocycles. The van der Waals surface area contributed by atoms with E-state index >= 15 is 0 Å². The molecule has 0 spiro atoms. The summed E-state index contributed by atoms with van der Waals surface area (Å²) in [6.45, 7) is 3.43. The van der Waals surface area contributed by atoms with Crippen LogP contribution in [0.4, 0.5) is 11.5 Å². The molecule has 3 aromatic rings. The highest BCUT2D eigenvalue weighted by Gasteiger charge is 2.19. The second-order valence-electron chi connectivity index (χ2n) is 6.16. The van der Waals surface area contributed by atoms with E-state index in [1.807, 2.05) is 36.4 Å². The second-order valence-corrected chi connectivity index (χ2v) is 6.59. The first kappa shape index (κ1) is 16.6. The van der Waals surface area contributed by atoms with Crippen LogP contribution in [-0.4, -0.2) is 41.1 Å². The Kier molecular flexibility index (Phi) is 4.58. The van der Waals surface area contributed by atoms with Crippen LogP contribution < -0.4 is 15.4 Å². The van der Waals surface area contributed by atoms with E-state index in [0.717, 1.165) is 48.9 Å². The SMILES string of the molecule is O=c1ccc(N2CCN(c3cc(-c4cccc(Cl)c4)ncn3)CC2)c[nH]1. The molecule has 1 N–H and O–H groups in total. The van der Waals surface area contributed by atoms with Crippen molar-refractivity contribution in [3.63, 3.8) is 0 Å². The number of nitrogens with zero attached hydrogens (tertiary/aromatic N) is 4. The maximum atomic E-state index is 11.2. The summed E-state index contributed by atoms with van der Waals surface area (Å²) >= 11 is 6.09. The van der Waals surface area contributed by atoms with Gasteiger partial charge in [0.05, 0.1) is 11.4 Å².